The minimum Gasteiger partial charge on any atom is -0.492 e. The summed E-state index contributed by atoms with van der Waals surface area (Å²) in [4.78, 5) is 22.9. The fourth-order valence-electron chi connectivity index (χ4n) is 6.12. The highest BCUT2D eigenvalue weighted by atomic mass is 32.2. The highest BCUT2D eigenvalue weighted by molar-refractivity contribution is 7.92. The van der Waals surface area contributed by atoms with Gasteiger partial charge in [-0.3, -0.25) is 9.52 Å². The van der Waals surface area contributed by atoms with E-state index in [4.69, 9.17) is 23.7 Å². The highest BCUT2D eigenvalue weighted by Gasteiger charge is 2.31. The number of hydrogen-bond donors (Lipinski definition) is 2. The average molecular weight is 839 g/mol. The lowest BCUT2D eigenvalue weighted by Gasteiger charge is -2.24. The second kappa shape index (κ2) is 19.2. The van der Waals surface area contributed by atoms with Gasteiger partial charge in [0.05, 0.1) is 68.9 Å². The lowest BCUT2D eigenvalue weighted by Crippen LogP contribution is -2.18. The Kier molecular flexibility index (Phi) is 14.6. The summed E-state index contributed by atoms with van der Waals surface area (Å²) in [5.74, 6) is 0.101. The van der Waals surface area contributed by atoms with Crippen molar-refractivity contribution in [3.8, 4) is 22.6 Å². The number of benzene rings is 4. The van der Waals surface area contributed by atoms with Crippen molar-refractivity contribution in [2.45, 2.75) is 45.7 Å². The molecular formula is C43H49F3N4O8S. The minimum absolute atomic E-state index is 0.0266. The van der Waals surface area contributed by atoms with Crippen LogP contribution in [-0.2, 0) is 42.2 Å². The summed E-state index contributed by atoms with van der Waals surface area (Å²) in [6.45, 7) is 9.62. The van der Waals surface area contributed by atoms with E-state index in [2.05, 4.69) is 20.0 Å². The summed E-state index contributed by atoms with van der Waals surface area (Å²) >= 11 is 0. The molecule has 16 heteroatoms. The summed E-state index contributed by atoms with van der Waals surface area (Å²) in [6.07, 6.45) is -1.91. The Labute approximate surface area is 342 Å². The van der Waals surface area contributed by atoms with Crippen LogP contribution in [0, 0.1) is 6.92 Å². The SMILES string of the molecule is COCCOCCOCCOc1cc(Cc2ncc3cc(-c4cc(C(=O)Nc5cc(C(C)(C)C)cc(NS(C)(=O)=O)c5OC)ccc4C)ccc3n2)cc(C(F)(F)F)c1. The Morgan fingerprint density at radius 1 is 0.814 bits per heavy atom. The predicted octanol–water partition coefficient (Wildman–Crippen LogP) is 8.20. The minimum atomic E-state index is -4.59. The maximum Gasteiger partial charge on any atom is 0.416 e. The number of aryl methyl sites for hydroxylation is 1. The molecule has 2 N–H and O–H groups in total. The van der Waals surface area contributed by atoms with Crippen LogP contribution in [0.3, 0.4) is 0 Å². The zero-order valence-corrected chi connectivity index (χ0v) is 34.9. The average Bonchev–Trinajstić information content (AvgIpc) is 3.15. The molecule has 5 aromatic rings. The van der Waals surface area contributed by atoms with E-state index < -0.39 is 27.7 Å². The maximum atomic E-state index is 13.9. The van der Waals surface area contributed by atoms with Gasteiger partial charge in [-0.2, -0.15) is 13.2 Å². The first kappa shape index (κ1) is 44.8. The largest absolute Gasteiger partial charge is 0.492 e. The third-order valence-corrected chi connectivity index (χ3v) is 9.69. The fourth-order valence-corrected chi connectivity index (χ4v) is 6.67. The summed E-state index contributed by atoms with van der Waals surface area (Å²) < 4.78 is 95.3. The summed E-state index contributed by atoms with van der Waals surface area (Å²) in [7, 11) is -0.691. The monoisotopic (exact) mass is 838 g/mol. The zero-order chi connectivity index (χ0) is 43.0. The van der Waals surface area contributed by atoms with E-state index in [9.17, 15) is 26.4 Å². The molecule has 0 fully saturated rings. The Morgan fingerprint density at radius 2 is 1.51 bits per heavy atom. The molecule has 0 aliphatic rings. The number of fused-ring (bicyclic) bond motifs is 1. The van der Waals surface area contributed by atoms with Gasteiger partial charge in [-0.15, -0.1) is 0 Å². The number of anilines is 2. The van der Waals surface area contributed by atoms with Crippen molar-refractivity contribution in [3.63, 3.8) is 0 Å². The third-order valence-electron chi connectivity index (χ3n) is 9.10. The molecule has 0 atom stereocenters. The van der Waals surface area contributed by atoms with Gasteiger partial charge < -0.3 is 29.0 Å². The van der Waals surface area contributed by atoms with Crippen LogP contribution in [-0.4, -0.2) is 84.4 Å². The van der Waals surface area contributed by atoms with Gasteiger partial charge in [0.25, 0.3) is 5.91 Å². The number of nitrogens with one attached hydrogen (secondary N) is 2. The van der Waals surface area contributed by atoms with E-state index in [-0.39, 0.29) is 42.2 Å². The fraction of sp³-hybridized carbons (Fsp3) is 0.372. The van der Waals surface area contributed by atoms with Crippen molar-refractivity contribution in [1.82, 2.24) is 9.97 Å². The number of rotatable bonds is 18. The van der Waals surface area contributed by atoms with Crippen LogP contribution in [0.1, 0.15) is 59.2 Å². The van der Waals surface area contributed by atoms with E-state index in [1.54, 1.807) is 43.6 Å². The normalized spacial score (nSPS) is 12.1. The molecule has 0 saturated heterocycles. The molecule has 1 heterocycles. The summed E-state index contributed by atoms with van der Waals surface area (Å²) in [5, 5.41) is 3.59. The van der Waals surface area contributed by atoms with E-state index in [0.29, 0.717) is 60.0 Å². The van der Waals surface area contributed by atoms with Crippen LogP contribution in [0.15, 0.2) is 72.9 Å². The van der Waals surface area contributed by atoms with Gasteiger partial charge >= 0.3 is 6.18 Å². The van der Waals surface area contributed by atoms with Crippen molar-refractivity contribution in [1.29, 1.82) is 0 Å². The van der Waals surface area contributed by atoms with Crippen molar-refractivity contribution < 1.29 is 50.1 Å². The second-order valence-corrected chi connectivity index (χ2v) is 16.6. The number of aromatic nitrogens is 2. The van der Waals surface area contributed by atoms with E-state index in [0.717, 1.165) is 40.6 Å². The Bertz CT molecular complexity index is 2380. The molecule has 1 amide bonds. The van der Waals surface area contributed by atoms with Crippen molar-refractivity contribution in [2.24, 2.45) is 0 Å². The molecular weight excluding hydrogens is 790 g/mol. The second-order valence-electron chi connectivity index (χ2n) is 14.9. The molecule has 0 saturated carbocycles. The molecule has 0 spiro atoms. The van der Waals surface area contributed by atoms with Crippen LogP contribution in [0.5, 0.6) is 11.5 Å². The first-order valence-electron chi connectivity index (χ1n) is 18.7. The Balaban J connectivity index is 1.33. The number of methoxy groups -OCH3 is 2. The molecule has 0 aliphatic heterocycles. The van der Waals surface area contributed by atoms with Gasteiger partial charge in [0.2, 0.25) is 10.0 Å². The molecule has 5 rings (SSSR count). The van der Waals surface area contributed by atoms with Crippen LogP contribution < -0.4 is 19.5 Å². The van der Waals surface area contributed by atoms with Crippen LogP contribution >= 0.6 is 0 Å². The van der Waals surface area contributed by atoms with Gasteiger partial charge in [0.15, 0.2) is 5.75 Å². The van der Waals surface area contributed by atoms with Gasteiger partial charge in [-0.25, -0.2) is 18.4 Å². The number of carbonyl (C=O) groups is 1. The van der Waals surface area contributed by atoms with Crippen molar-refractivity contribution in [3.05, 3.63) is 107 Å². The van der Waals surface area contributed by atoms with Crippen LogP contribution in [0.2, 0.25) is 0 Å². The number of ether oxygens (including phenoxy) is 5. The standard InChI is InChI=1S/C43H49F3N4O8S/c1-27-8-9-30(41(51)49-37-24-32(42(2,3)4)25-38(40(37)55-6)50-59(7,52)53)22-35(27)29-10-11-36-31(21-29)26-47-39(48-36)20-28-18-33(43(44,45)46)23-34(19-28)58-17-16-57-15-14-56-13-12-54-5/h8-11,18-19,21-26,50H,12-17,20H2,1-7H3,(H,49,51). The Hall–Kier alpha value is -5.29. The summed E-state index contributed by atoms with van der Waals surface area (Å²) in [6, 6.07) is 17.8. The number of alkyl halides is 3. The van der Waals surface area contributed by atoms with E-state index in [1.807, 2.05) is 45.9 Å². The number of amides is 1. The highest BCUT2D eigenvalue weighted by Crippen LogP contribution is 2.40. The first-order valence-corrected chi connectivity index (χ1v) is 20.6. The van der Waals surface area contributed by atoms with Gasteiger partial charge in [0.1, 0.15) is 18.2 Å². The quantitative estimate of drug-likeness (QED) is 0.0828. The van der Waals surface area contributed by atoms with Gasteiger partial charge in [-0.1, -0.05) is 32.9 Å². The van der Waals surface area contributed by atoms with Crippen LogP contribution in [0.4, 0.5) is 24.5 Å². The number of sulfonamides is 1. The molecule has 0 bridgehead atoms. The molecule has 0 aliphatic carbocycles. The molecule has 59 heavy (non-hydrogen) atoms. The smallest absolute Gasteiger partial charge is 0.416 e. The summed E-state index contributed by atoms with van der Waals surface area (Å²) in [5.41, 5.74) is 3.75. The molecule has 12 nitrogen and oxygen atoms in total. The maximum absolute atomic E-state index is 13.9. The molecule has 316 valence electrons. The molecule has 0 unspecified atom stereocenters. The first-order chi connectivity index (χ1) is 27.8. The van der Waals surface area contributed by atoms with E-state index >= 15 is 0 Å². The number of nitrogens with zero attached hydrogens (tertiary/aromatic N) is 2. The lowest BCUT2D eigenvalue weighted by molar-refractivity contribution is -0.137. The van der Waals surface area contributed by atoms with Gasteiger partial charge in [0, 0.05) is 30.7 Å². The van der Waals surface area contributed by atoms with Crippen LogP contribution in [0.25, 0.3) is 22.0 Å². The predicted molar refractivity (Wildman–Crippen MR) is 221 cm³/mol. The molecule has 4 aromatic carbocycles. The third kappa shape index (κ3) is 12.6. The lowest BCUT2D eigenvalue weighted by atomic mass is 9.86. The topological polar surface area (TPSA) is 147 Å². The zero-order valence-electron chi connectivity index (χ0n) is 34.1. The molecule has 1 aromatic heterocycles. The Morgan fingerprint density at radius 3 is 2.17 bits per heavy atom. The van der Waals surface area contributed by atoms with Crippen molar-refractivity contribution >= 4 is 38.2 Å². The molecule has 0 radical (unpaired) electrons. The number of hydrogen-bond acceptors (Lipinski definition) is 10. The van der Waals surface area contributed by atoms with Gasteiger partial charge in [-0.05, 0) is 94.8 Å². The number of halogens is 3. The number of carbonyl (C=O) groups excluding carboxylic acids is 1. The van der Waals surface area contributed by atoms with E-state index in [1.165, 1.54) is 13.2 Å². The van der Waals surface area contributed by atoms with Crippen molar-refractivity contribution in [2.75, 3.05) is 70.2 Å².